The Morgan fingerprint density at radius 1 is 1.18 bits per heavy atom. The third kappa shape index (κ3) is 4.95. The highest BCUT2D eigenvalue weighted by atomic mass is 127. The Bertz CT molecular complexity index is 770. The molecule has 152 valence electrons. The number of likely N-dealkylation sites (tertiary alicyclic amines) is 1. The van der Waals surface area contributed by atoms with Crippen molar-refractivity contribution in [1.29, 1.82) is 0 Å². The van der Waals surface area contributed by atoms with E-state index < -0.39 is 0 Å². The first-order valence-corrected chi connectivity index (χ1v) is 9.99. The third-order valence-corrected chi connectivity index (χ3v) is 5.18. The van der Waals surface area contributed by atoms with Gasteiger partial charge in [0.2, 0.25) is 0 Å². The molecule has 3 heterocycles. The number of fused-ring (bicyclic) bond motifs is 1. The summed E-state index contributed by atoms with van der Waals surface area (Å²) in [5.74, 6) is 3.99. The number of ether oxygens (including phenoxy) is 1. The van der Waals surface area contributed by atoms with E-state index in [9.17, 15) is 0 Å². The summed E-state index contributed by atoms with van der Waals surface area (Å²) in [6.45, 7) is 6.46. The van der Waals surface area contributed by atoms with Crippen molar-refractivity contribution in [1.82, 2.24) is 25.0 Å². The summed E-state index contributed by atoms with van der Waals surface area (Å²) in [4.78, 5) is 7.16. The van der Waals surface area contributed by atoms with Crippen LogP contribution in [0.4, 0.5) is 0 Å². The maximum absolute atomic E-state index is 6.10. The number of nitrogens with one attached hydrogen (secondary N) is 1. The number of aryl methyl sites for hydroxylation is 1. The molecule has 1 aromatic carbocycles. The van der Waals surface area contributed by atoms with E-state index in [1.807, 2.05) is 30.3 Å². The van der Waals surface area contributed by atoms with Gasteiger partial charge in [-0.05, 0) is 25.5 Å². The molecular weight excluding hydrogens is 467 g/mol. The van der Waals surface area contributed by atoms with Crippen molar-refractivity contribution in [2.24, 2.45) is 4.99 Å². The summed E-state index contributed by atoms with van der Waals surface area (Å²) in [5.41, 5.74) is 0. The number of hydrogen-bond donors (Lipinski definition) is 1. The van der Waals surface area contributed by atoms with Crippen molar-refractivity contribution in [3.05, 3.63) is 42.0 Å². The van der Waals surface area contributed by atoms with Gasteiger partial charge in [-0.1, -0.05) is 18.2 Å². The molecular formula is C20H29IN6O. The minimum atomic E-state index is 0. The van der Waals surface area contributed by atoms with E-state index >= 15 is 0 Å². The molecule has 0 aliphatic carbocycles. The Balaban J connectivity index is 0.00000225. The predicted octanol–water partition coefficient (Wildman–Crippen LogP) is 2.85. The fourth-order valence-electron chi connectivity index (χ4n) is 3.78. The Morgan fingerprint density at radius 2 is 1.96 bits per heavy atom. The van der Waals surface area contributed by atoms with E-state index in [0.717, 1.165) is 75.2 Å². The van der Waals surface area contributed by atoms with Crippen LogP contribution in [0.3, 0.4) is 0 Å². The highest BCUT2D eigenvalue weighted by Crippen LogP contribution is 2.19. The second-order valence-corrected chi connectivity index (χ2v) is 7.08. The number of aromatic nitrogens is 3. The van der Waals surface area contributed by atoms with Gasteiger partial charge in [-0.3, -0.25) is 0 Å². The molecule has 0 unspecified atom stereocenters. The van der Waals surface area contributed by atoms with E-state index in [1.165, 1.54) is 0 Å². The fraction of sp³-hybridized carbons (Fsp3) is 0.550. The van der Waals surface area contributed by atoms with Crippen molar-refractivity contribution < 1.29 is 4.74 Å². The maximum Gasteiger partial charge on any atom is 0.194 e. The lowest BCUT2D eigenvalue weighted by Gasteiger charge is -2.34. The van der Waals surface area contributed by atoms with Crippen LogP contribution in [0, 0.1) is 0 Å². The zero-order valence-electron chi connectivity index (χ0n) is 16.4. The van der Waals surface area contributed by atoms with Crippen molar-refractivity contribution in [3.63, 3.8) is 0 Å². The minimum Gasteiger partial charge on any atom is -0.490 e. The monoisotopic (exact) mass is 496 g/mol. The van der Waals surface area contributed by atoms with Gasteiger partial charge in [0, 0.05) is 45.4 Å². The molecule has 0 atom stereocenters. The average Bonchev–Trinajstić information content (AvgIpc) is 3.31. The van der Waals surface area contributed by atoms with Gasteiger partial charge < -0.3 is 19.5 Å². The summed E-state index contributed by atoms with van der Waals surface area (Å²) in [6.07, 6.45) is 4.47. The molecule has 1 N–H and O–H groups in total. The highest BCUT2D eigenvalue weighted by molar-refractivity contribution is 14.0. The molecule has 0 radical (unpaired) electrons. The molecule has 4 rings (SSSR count). The van der Waals surface area contributed by atoms with Gasteiger partial charge in [0.15, 0.2) is 11.8 Å². The van der Waals surface area contributed by atoms with E-state index in [2.05, 4.69) is 31.9 Å². The molecule has 0 bridgehead atoms. The number of piperidine rings is 1. The van der Waals surface area contributed by atoms with Crippen LogP contribution in [0.1, 0.15) is 37.8 Å². The quantitative estimate of drug-likeness (QED) is 0.392. The Morgan fingerprint density at radius 3 is 2.71 bits per heavy atom. The number of para-hydroxylation sites is 1. The lowest BCUT2D eigenvalue weighted by Crippen LogP contribution is -2.47. The molecule has 1 saturated heterocycles. The van der Waals surface area contributed by atoms with Gasteiger partial charge in [-0.15, -0.1) is 34.2 Å². The molecule has 8 heteroatoms. The number of guanidine groups is 1. The molecule has 7 nitrogen and oxygen atoms in total. The summed E-state index contributed by atoms with van der Waals surface area (Å²) < 4.78 is 8.32. The summed E-state index contributed by atoms with van der Waals surface area (Å²) in [6, 6.07) is 10.1. The van der Waals surface area contributed by atoms with Crippen LogP contribution < -0.4 is 10.1 Å². The van der Waals surface area contributed by atoms with Gasteiger partial charge in [0.25, 0.3) is 0 Å². The summed E-state index contributed by atoms with van der Waals surface area (Å²) in [7, 11) is 0. The number of hydrogen-bond acceptors (Lipinski definition) is 4. The number of aliphatic imine (C=N–C) groups is 1. The fourth-order valence-corrected chi connectivity index (χ4v) is 3.78. The SMILES string of the molecule is CCNC(=NCc1nnc2n1CCC2)N1CCC(Oc2ccccc2)CC1.I. The summed E-state index contributed by atoms with van der Waals surface area (Å²) >= 11 is 0. The van der Waals surface area contributed by atoms with Gasteiger partial charge in [0.1, 0.15) is 24.2 Å². The number of halogens is 1. The van der Waals surface area contributed by atoms with Crippen molar-refractivity contribution >= 4 is 29.9 Å². The lowest BCUT2D eigenvalue weighted by atomic mass is 10.1. The van der Waals surface area contributed by atoms with Crippen LogP contribution in [0.15, 0.2) is 35.3 Å². The molecule has 0 spiro atoms. The van der Waals surface area contributed by atoms with Crippen molar-refractivity contribution in [2.75, 3.05) is 19.6 Å². The predicted molar refractivity (Wildman–Crippen MR) is 120 cm³/mol. The number of rotatable bonds is 5. The van der Waals surface area contributed by atoms with Gasteiger partial charge in [-0.25, -0.2) is 4.99 Å². The third-order valence-electron chi connectivity index (χ3n) is 5.18. The van der Waals surface area contributed by atoms with Crippen LogP contribution in [0.5, 0.6) is 5.75 Å². The largest absolute Gasteiger partial charge is 0.490 e. The van der Waals surface area contributed by atoms with Crippen molar-refractivity contribution in [3.8, 4) is 5.75 Å². The number of benzene rings is 1. The summed E-state index contributed by atoms with van der Waals surface area (Å²) in [5, 5.41) is 12.0. The molecule has 2 aliphatic heterocycles. The van der Waals surface area contributed by atoms with Gasteiger partial charge >= 0.3 is 0 Å². The zero-order valence-corrected chi connectivity index (χ0v) is 18.7. The first kappa shape index (κ1) is 20.9. The van der Waals surface area contributed by atoms with E-state index in [4.69, 9.17) is 9.73 Å². The first-order valence-electron chi connectivity index (χ1n) is 9.99. The average molecular weight is 496 g/mol. The van der Waals surface area contributed by atoms with Crippen LogP contribution in [0.25, 0.3) is 0 Å². The Kier molecular flexibility index (Phi) is 7.52. The first-order chi connectivity index (χ1) is 13.3. The molecule has 2 aliphatic rings. The molecule has 2 aromatic rings. The molecule has 1 fully saturated rings. The van der Waals surface area contributed by atoms with Crippen LogP contribution in [-0.2, 0) is 19.5 Å². The maximum atomic E-state index is 6.10. The Hall–Kier alpha value is -1.84. The highest BCUT2D eigenvalue weighted by Gasteiger charge is 2.23. The standard InChI is InChI=1S/C20H28N6O.HI/c1-2-21-20(22-15-19-24-23-18-9-6-12-26(18)19)25-13-10-17(11-14-25)27-16-7-4-3-5-8-16;/h3-5,7-8,17H,2,6,9-15H2,1H3,(H,21,22);1H. The van der Waals surface area contributed by atoms with Crippen LogP contribution in [0.2, 0.25) is 0 Å². The smallest absolute Gasteiger partial charge is 0.194 e. The molecule has 0 saturated carbocycles. The van der Waals surface area contributed by atoms with E-state index in [1.54, 1.807) is 0 Å². The topological polar surface area (TPSA) is 67.6 Å². The van der Waals surface area contributed by atoms with Gasteiger partial charge in [-0.2, -0.15) is 0 Å². The second-order valence-electron chi connectivity index (χ2n) is 7.08. The minimum absolute atomic E-state index is 0. The van der Waals surface area contributed by atoms with E-state index in [-0.39, 0.29) is 30.1 Å². The zero-order chi connectivity index (χ0) is 18.5. The molecule has 0 amide bonds. The second kappa shape index (κ2) is 10.1. The van der Waals surface area contributed by atoms with Crippen LogP contribution >= 0.6 is 24.0 Å². The normalized spacial score (nSPS) is 17.2. The molecule has 1 aromatic heterocycles. The lowest BCUT2D eigenvalue weighted by molar-refractivity contribution is 0.129. The van der Waals surface area contributed by atoms with Crippen LogP contribution in [-0.4, -0.2) is 51.4 Å². The Labute approximate surface area is 183 Å². The van der Waals surface area contributed by atoms with E-state index in [0.29, 0.717) is 6.54 Å². The number of nitrogens with zero attached hydrogens (tertiary/aromatic N) is 5. The molecule has 28 heavy (non-hydrogen) atoms. The van der Waals surface area contributed by atoms with Gasteiger partial charge in [0.05, 0.1) is 0 Å². The van der Waals surface area contributed by atoms with Crippen molar-refractivity contribution in [2.45, 2.75) is 51.8 Å².